The third kappa shape index (κ3) is 4.78. The minimum Gasteiger partial charge on any atom is -0.384 e. The molecule has 1 aliphatic rings. The van der Waals surface area contributed by atoms with Gasteiger partial charge in [0.2, 0.25) is 0 Å². The monoisotopic (exact) mass is 449 g/mol. The molecule has 33 heavy (non-hydrogen) atoms. The topological polar surface area (TPSA) is 61.4 Å². The van der Waals surface area contributed by atoms with Crippen LogP contribution in [0.3, 0.4) is 0 Å². The number of benzene rings is 3. The number of likely N-dealkylation sites (N-methyl/N-ethyl adjacent to an activating group) is 1. The molecule has 3 aromatic rings. The van der Waals surface area contributed by atoms with E-state index in [-0.39, 0.29) is 23.7 Å². The molecule has 2 N–H and O–H groups in total. The Kier molecular flexibility index (Phi) is 6.51. The molecule has 0 heterocycles. The van der Waals surface area contributed by atoms with Crippen LogP contribution in [0.5, 0.6) is 0 Å². The molecule has 1 amide bonds. The standard InChI is InChI=1S/C26H25F2N3O2/c1-31(2)15-14-29-17-8-6-16(7-9-17)26(33)30-22-12-10-18(19-11-13-23(32)24(19)22)20-4-3-5-21(27)25(20)28/h3-10,12,29H,11,13-15H2,1-2H3,(H,30,33). The molecule has 0 aliphatic heterocycles. The SMILES string of the molecule is CN(C)CCNc1ccc(C(=O)Nc2ccc(-c3cccc(F)c3F)c3c2C(=O)CC3)cc1. The molecule has 0 fully saturated rings. The van der Waals surface area contributed by atoms with Crippen LogP contribution in [0.4, 0.5) is 20.2 Å². The van der Waals surface area contributed by atoms with Crippen molar-refractivity contribution in [2.45, 2.75) is 12.8 Å². The summed E-state index contributed by atoms with van der Waals surface area (Å²) in [5, 5.41) is 6.10. The molecular formula is C26H25F2N3O2. The van der Waals surface area contributed by atoms with Crippen molar-refractivity contribution in [2.24, 2.45) is 0 Å². The zero-order valence-corrected chi connectivity index (χ0v) is 18.5. The summed E-state index contributed by atoms with van der Waals surface area (Å²) < 4.78 is 28.2. The van der Waals surface area contributed by atoms with Crippen LogP contribution in [0.2, 0.25) is 0 Å². The molecule has 0 bridgehead atoms. The van der Waals surface area contributed by atoms with Crippen LogP contribution in [0.15, 0.2) is 54.6 Å². The first-order valence-corrected chi connectivity index (χ1v) is 10.8. The van der Waals surface area contributed by atoms with E-state index >= 15 is 0 Å². The molecule has 0 atom stereocenters. The molecule has 5 nitrogen and oxygen atoms in total. The number of Topliss-reactive ketones (excluding diaryl/α,β-unsaturated/α-hetero) is 1. The number of anilines is 2. The number of amides is 1. The molecule has 170 valence electrons. The summed E-state index contributed by atoms with van der Waals surface area (Å²) >= 11 is 0. The Balaban J connectivity index is 1.57. The molecule has 3 aromatic carbocycles. The maximum Gasteiger partial charge on any atom is 0.255 e. The van der Waals surface area contributed by atoms with Crippen molar-refractivity contribution in [3.05, 3.63) is 82.9 Å². The summed E-state index contributed by atoms with van der Waals surface area (Å²) in [5.74, 6) is -2.36. The van der Waals surface area contributed by atoms with E-state index in [1.807, 2.05) is 26.2 Å². The zero-order valence-electron chi connectivity index (χ0n) is 18.5. The average molecular weight is 450 g/mol. The van der Waals surface area contributed by atoms with Gasteiger partial charge in [-0.05, 0) is 68.0 Å². The number of rotatable bonds is 7. The fraction of sp³-hybridized carbons (Fsp3) is 0.231. The zero-order chi connectivity index (χ0) is 23.5. The van der Waals surface area contributed by atoms with Crippen molar-refractivity contribution >= 4 is 23.1 Å². The van der Waals surface area contributed by atoms with Crippen LogP contribution in [0, 0.1) is 11.6 Å². The Labute approximate surface area is 191 Å². The molecule has 0 spiro atoms. The largest absolute Gasteiger partial charge is 0.384 e. The van der Waals surface area contributed by atoms with Gasteiger partial charge < -0.3 is 15.5 Å². The smallest absolute Gasteiger partial charge is 0.255 e. The molecule has 0 unspecified atom stereocenters. The highest BCUT2D eigenvalue weighted by molar-refractivity contribution is 6.12. The first kappa shape index (κ1) is 22.6. The van der Waals surface area contributed by atoms with E-state index < -0.39 is 11.6 Å². The van der Waals surface area contributed by atoms with E-state index in [0.29, 0.717) is 34.4 Å². The van der Waals surface area contributed by atoms with Crippen molar-refractivity contribution in [1.29, 1.82) is 0 Å². The van der Waals surface area contributed by atoms with Crippen LogP contribution >= 0.6 is 0 Å². The second-order valence-electron chi connectivity index (χ2n) is 8.30. The number of ketones is 1. The third-order valence-corrected chi connectivity index (χ3v) is 5.72. The third-order valence-electron chi connectivity index (χ3n) is 5.72. The van der Waals surface area contributed by atoms with E-state index in [9.17, 15) is 18.4 Å². The molecule has 0 aromatic heterocycles. The molecule has 1 aliphatic carbocycles. The van der Waals surface area contributed by atoms with Crippen LogP contribution in [0.25, 0.3) is 11.1 Å². The summed E-state index contributed by atoms with van der Waals surface area (Å²) in [7, 11) is 4.00. The molecule has 4 rings (SSSR count). The average Bonchev–Trinajstić information content (AvgIpc) is 3.18. The molecule has 0 saturated heterocycles. The highest BCUT2D eigenvalue weighted by Crippen LogP contribution is 2.38. The lowest BCUT2D eigenvalue weighted by Gasteiger charge is -2.15. The van der Waals surface area contributed by atoms with Crippen molar-refractivity contribution < 1.29 is 18.4 Å². The summed E-state index contributed by atoms with van der Waals surface area (Å²) in [6, 6.07) is 14.3. The Morgan fingerprint density at radius 1 is 0.970 bits per heavy atom. The van der Waals surface area contributed by atoms with Crippen molar-refractivity contribution in [2.75, 3.05) is 37.8 Å². The predicted octanol–water partition coefficient (Wildman–Crippen LogP) is 4.99. The van der Waals surface area contributed by atoms with E-state index in [2.05, 4.69) is 15.5 Å². The summed E-state index contributed by atoms with van der Waals surface area (Å²) in [6.45, 7) is 1.67. The van der Waals surface area contributed by atoms with E-state index in [1.165, 1.54) is 12.1 Å². The quantitative estimate of drug-likeness (QED) is 0.534. The number of nitrogens with one attached hydrogen (secondary N) is 2. The van der Waals surface area contributed by atoms with Gasteiger partial charge in [0.05, 0.1) is 5.69 Å². The number of nitrogens with zero attached hydrogens (tertiary/aromatic N) is 1. The van der Waals surface area contributed by atoms with Crippen LogP contribution in [-0.4, -0.2) is 43.8 Å². The van der Waals surface area contributed by atoms with Gasteiger partial charge in [-0.1, -0.05) is 18.2 Å². The number of hydrogen-bond donors (Lipinski definition) is 2. The van der Waals surface area contributed by atoms with E-state index in [4.69, 9.17) is 0 Å². The minimum absolute atomic E-state index is 0.108. The van der Waals surface area contributed by atoms with E-state index in [1.54, 1.807) is 24.3 Å². The number of halogens is 2. The lowest BCUT2D eigenvalue weighted by atomic mass is 9.95. The second-order valence-corrected chi connectivity index (χ2v) is 8.30. The van der Waals surface area contributed by atoms with E-state index in [0.717, 1.165) is 24.8 Å². The molecule has 0 radical (unpaired) electrons. The van der Waals surface area contributed by atoms with Gasteiger partial charge in [-0.3, -0.25) is 9.59 Å². The van der Waals surface area contributed by atoms with Gasteiger partial charge in [-0.15, -0.1) is 0 Å². The lowest BCUT2D eigenvalue weighted by molar-refractivity contribution is 0.0995. The van der Waals surface area contributed by atoms with Gasteiger partial charge >= 0.3 is 0 Å². The van der Waals surface area contributed by atoms with Gasteiger partial charge in [0, 0.05) is 41.9 Å². The Bertz CT molecular complexity index is 1210. The molecule has 0 saturated carbocycles. The molecule has 7 heteroatoms. The van der Waals surface area contributed by atoms with Gasteiger partial charge in [-0.25, -0.2) is 8.78 Å². The summed E-state index contributed by atoms with van der Waals surface area (Å²) in [4.78, 5) is 27.5. The lowest BCUT2D eigenvalue weighted by Crippen LogP contribution is -2.20. The first-order chi connectivity index (χ1) is 15.8. The van der Waals surface area contributed by atoms with Crippen molar-refractivity contribution in [3.63, 3.8) is 0 Å². The maximum atomic E-state index is 14.4. The number of carbonyl (C=O) groups is 2. The van der Waals surface area contributed by atoms with Gasteiger partial charge in [0.1, 0.15) is 0 Å². The number of carbonyl (C=O) groups excluding carboxylic acids is 2. The van der Waals surface area contributed by atoms with Crippen LogP contribution in [0.1, 0.15) is 32.7 Å². The highest BCUT2D eigenvalue weighted by Gasteiger charge is 2.28. The fourth-order valence-electron chi connectivity index (χ4n) is 4.02. The van der Waals surface area contributed by atoms with Crippen molar-refractivity contribution in [1.82, 2.24) is 4.90 Å². The van der Waals surface area contributed by atoms with Gasteiger partial charge in [0.25, 0.3) is 5.91 Å². The minimum atomic E-state index is -0.949. The normalized spacial score (nSPS) is 12.7. The Hall–Kier alpha value is -3.58. The van der Waals surface area contributed by atoms with Crippen molar-refractivity contribution in [3.8, 4) is 11.1 Å². The van der Waals surface area contributed by atoms with Crippen LogP contribution in [-0.2, 0) is 6.42 Å². The first-order valence-electron chi connectivity index (χ1n) is 10.8. The maximum absolute atomic E-state index is 14.4. The summed E-state index contributed by atoms with van der Waals surface area (Å²) in [6.07, 6.45) is 0.677. The van der Waals surface area contributed by atoms with Crippen LogP contribution < -0.4 is 10.6 Å². The fourth-order valence-corrected chi connectivity index (χ4v) is 4.02. The number of hydrogen-bond acceptors (Lipinski definition) is 4. The molecular weight excluding hydrogens is 424 g/mol. The Morgan fingerprint density at radius 2 is 1.73 bits per heavy atom. The number of fused-ring (bicyclic) bond motifs is 1. The highest BCUT2D eigenvalue weighted by atomic mass is 19.2. The second kappa shape index (κ2) is 9.50. The summed E-state index contributed by atoms with van der Waals surface area (Å²) in [5.41, 5.74) is 3.31. The van der Waals surface area contributed by atoms with Gasteiger partial charge in [-0.2, -0.15) is 0 Å². The Morgan fingerprint density at radius 3 is 2.45 bits per heavy atom. The predicted molar refractivity (Wildman–Crippen MR) is 126 cm³/mol. The van der Waals surface area contributed by atoms with Gasteiger partial charge in [0.15, 0.2) is 17.4 Å².